The van der Waals surface area contributed by atoms with Gasteiger partial charge in [-0.05, 0) is 43.7 Å². The second-order valence-corrected chi connectivity index (χ2v) is 6.46. The Balaban J connectivity index is 1.68. The van der Waals surface area contributed by atoms with Crippen LogP contribution in [0.5, 0.6) is 17.2 Å². The number of aromatic nitrogens is 1. The number of methoxy groups -OCH3 is 2. The van der Waals surface area contributed by atoms with Crippen molar-refractivity contribution in [2.75, 3.05) is 14.2 Å². The molecule has 0 atom stereocenters. The van der Waals surface area contributed by atoms with Crippen molar-refractivity contribution in [1.82, 2.24) is 10.5 Å². The van der Waals surface area contributed by atoms with Crippen LogP contribution in [0.2, 0.25) is 0 Å². The molecule has 0 fully saturated rings. The van der Waals surface area contributed by atoms with Gasteiger partial charge in [0.05, 0.1) is 31.0 Å². The van der Waals surface area contributed by atoms with E-state index in [2.05, 4.69) is 10.5 Å². The van der Waals surface area contributed by atoms with Gasteiger partial charge in [-0.25, -0.2) is 0 Å². The van der Waals surface area contributed by atoms with Crippen LogP contribution in [0.25, 0.3) is 0 Å². The van der Waals surface area contributed by atoms with E-state index in [1.807, 2.05) is 32.0 Å². The fourth-order valence-corrected chi connectivity index (χ4v) is 2.91. The van der Waals surface area contributed by atoms with E-state index in [1.54, 1.807) is 38.5 Å². The highest BCUT2D eigenvalue weighted by Gasteiger charge is 2.15. The number of hydrogen-bond donors (Lipinski definition) is 1. The summed E-state index contributed by atoms with van der Waals surface area (Å²) in [7, 11) is 3.16. The molecule has 3 aromatic rings. The molecule has 0 aliphatic carbocycles. The summed E-state index contributed by atoms with van der Waals surface area (Å²) in [6.07, 6.45) is 0. The molecule has 0 aliphatic heterocycles. The summed E-state index contributed by atoms with van der Waals surface area (Å²) in [6.45, 7) is 4.32. The molecule has 3 rings (SSSR count). The van der Waals surface area contributed by atoms with Gasteiger partial charge in [0, 0.05) is 6.54 Å². The summed E-state index contributed by atoms with van der Waals surface area (Å²) in [4.78, 5) is 12.7. The van der Waals surface area contributed by atoms with Gasteiger partial charge in [0.2, 0.25) is 0 Å². The van der Waals surface area contributed by atoms with Gasteiger partial charge in [-0.15, -0.1) is 0 Å². The highest BCUT2D eigenvalue weighted by Crippen LogP contribution is 2.27. The standard InChI is InChI=1S/C22H24N2O5/c1-14-18(15(2)29-24-14)13-28-19-8-6-5-7-17(19)22(25)23-12-16-9-10-20(26-3)21(11-16)27-4/h5-11H,12-13H2,1-4H3,(H,23,25). The minimum absolute atomic E-state index is 0.228. The third-order valence-corrected chi connectivity index (χ3v) is 4.59. The van der Waals surface area contributed by atoms with Crippen LogP contribution in [0, 0.1) is 13.8 Å². The zero-order valence-electron chi connectivity index (χ0n) is 16.9. The first kappa shape index (κ1) is 20.3. The summed E-state index contributed by atoms with van der Waals surface area (Å²) < 4.78 is 21.6. The summed E-state index contributed by atoms with van der Waals surface area (Å²) in [5.74, 6) is 2.23. The third kappa shape index (κ3) is 4.68. The van der Waals surface area contributed by atoms with Crippen molar-refractivity contribution in [3.05, 3.63) is 70.6 Å². The Morgan fingerprint density at radius 3 is 2.48 bits per heavy atom. The van der Waals surface area contributed by atoms with Crippen LogP contribution >= 0.6 is 0 Å². The van der Waals surface area contributed by atoms with Crippen molar-refractivity contribution in [1.29, 1.82) is 0 Å². The van der Waals surface area contributed by atoms with Crippen molar-refractivity contribution in [3.8, 4) is 17.2 Å². The Kier molecular flexibility index (Phi) is 6.39. The topological polar surface area (TPSA) is 82.8 Å². The number of benzene rings is 2. The van der Waals surface area contributed by atoms with Gasteiger partial charge >= 0.3 is 0 Å². The fourth-order valence-electron chi connectivity index (χ4n) is 2.91. The van der Waals surface area contributed by atoms with E-state index in [1.165, 1.54) is 0 Å². The quantitative estimate of drug-likeness (QED) is 0.623. The molecule has 7 nitrogen and oxygen atoms in total. The van der Waals surface area contributed by atoms with E-state index in [-0.39, 0.29) is 12.5 Å². The summed E-state index contributed by atoms with van der Waals surface area (Å²) in [5, 5.41) is 6.84. The SMILES string of the molecule is COc1ccc(CNC(=O)c2ccccc2OCc2c(C)noc2C)cc1OC. The Morgan fingerprint density at radius 2 is 1.79 bits per heavy atom. The summed E-state index contributed by atoms with van der Waals surface area (Å²) in [5.41, 5.74) is 3.01. The van der Waals surface area contributed by atoms with Gasteiger partial charge in [-0.3, -0.25) is 4.79 Å². The van der Waals surface area contributed by atoms with E-state index >= 15 is 0 Å². The molecule has 152 valence electrons. The highest BCUT2D eigenvalue weighted by molar-refractivity contribution is 5.96. The lowest BCUT2D eigenvalue weighted by Crippen LogP contribution is -2.23. The Hall–Kier alpha value is -3.48. The largest absolute Gasteiger partial charge is 0.493 e. The van der Waals surface area contributed by atoms with Gasteiger partial charge in [0.15, 0.2) is 11.5 Å². The third-order valence-electron chi connectivity index (χ3n) is 4.59. The van der Waals surface area contributed by atoms with Crippen LogP contribution in [0.4, 0.5) is 0 Å². The maximum Gasteiger partial charge on any atom is 0.255 e. The zero-order chi connectivity index (χ0) is 20.8. The van der Waals surface area contributed by atoms with Crippen LogP contribution < -0.4 is 19.5 Å². The lowest BCUT2D eigenvalue weighted by atomic mass is 10.1. The van der Waals surface area contributed by atoms with Crippen molar-refractivity contribution in [2.24, 2.45) is 0 Å². The molecule has 0 bridgehead atoms. The Morgan fingerprint density at radius 1 is 1.03 bits per heavy atom. The van der Waals surface area contributed by atoms with Gasteiger partial charge in [-0.2, -0.15) is 0 Å². The number of carbonyl (C=O) groups excluding carboxylic acids is 1. The number of rotatable bonds is 8. The highest BCUT2D eigenvalue weighted by atomic mass is 16.5. The predicted molar refractivity (Wildman–Crippen MR) is 107 cm³/mol. The summed E-state index contributed by atoms with van der Waals surface area (Å²) in [6, 6.07) is 12.6. The molecule has 0 unspecified atom stereocenters. The van der Waals surface area contributed by atoms with E-state index < -0.39 is 0 Å². The number of carbonyl (C=O) groups is 1. The monoisotopic (exact) mass is 396 g/mol. The van der Waals surface area contributed by atoms with E-state index in [0.717, 1.165) is 16.8 Å². The van der Waals surface area contributed by atoms with Crippen LogP contribution in [-0.2, 0) is 13.2 Å². The van der Waals surface area contributed by atoms with E-state index in [9.17, 15) is 4.79 Å². The second-order valence-electron chi connectivity index (χ2n) is 6.46. The smallest absolute Gasteiger partial charge is 0.255 e. The van der Waals surface area contributed by atoms with Gasteiger partial charge < -0.3 is 24.1 Å². The maximum atomic E-state index is 12.7. The van der Waals surface area contributed by atoms with Crippen molar-refractivity contribution < 1.29 is 23.5 Å². The molecule has 0 spiro atoms. The molecule has 2 aromatic carbocycles. The molecule has 0 aliphatic rings. The average Bonchev–Trinajstić information content (AvgIpc) is 3.07. The van der Waals surface area contributed by atoms with Crippen molar-refractivity contribution in [3.63, 3.8) is 0 Å². The van der Waals surface area contributed by atoms with Crippen LogP contribution in [0.15, 0.2) is 47.0 Å². The lowest BCUT2D eigenvalue weighted by Gasteiger charge is -2.13. The lowest BCUT2D eigenvalue weighted by molar-refractivity contribution is 0.0946. The molecule has 0 radical (unpaired) electrons. The first-order valence-corrected chi connectivity index (χ1v) is 9.16. The molecular weight excluding hydrogens is 372 g/mol. The number of nitrogens with one attached hydrogen (secondary N) is 1. The van der Waals surface area contributed by atoms with E-state index in [4.69, 9.17) is 18.7 Å². The molecule has 29 heavy (non-hydrogen) atoms. The predicted octanol–water partition coefficient (Wildman–Crippen LogP) is 3.82. The number of amides is 1. The number of para-hydroxylation sites is 1. The van der Waals surface area contributed by atoms with Crippen LogP contribution in [-0.4, -0.2) is 25.3 Å². The first-order chi connectivity index (χ1) is 14.0. The summed E-state index contributed by atoms with van der Waals surface area (Å²) >= 11 is 0. The van der Waals surface area contributed by atoms with E-state index in [0.29, 0.717) is 35.1 Å². The molecule has 7 heteroatoms. The minimum Gasteiger partial charge on any atom is -0.493 e. The zero-order valence-corrected chi connectivity index (χ0v) is 16.9. The average molecular weight is 396 g/mol. The molecule has 1 heterocycles. The first-order valence-electron chi connectivity index (χ1n) is 9.16. The van der Waals surface area contributed by atoms with Crippen LogP contribution in [0.1, 0.15) is 32.9 Å². The second kappa shape index (κ2) is 9.14. The molecule has 1 N–H and O–H groups in total. The normalized spacial score (nSPS) is 10.5. The van der Waals surface area contributed by atoms with Gasteiger partial charge in [-0.1, -0.05) is 23.4 Å². The number of ether oxygens (including phenoxy) is 3. The molecule has 0 saturated carbocycles. The maximum absolute atomic E-state index is 12.7. The molecule has 1 aromatic heterocycles. The molecular formula is C22H24N2O5. The number of hydrogen-bond acceptors (Lipinski definition) is 6. The molecule has 1 amide bonds. The number of nitrogens with zero attached hydrogens (tertiary/aromatic N) is 1. The van der Waals surface area contributed by atoms with Crippen LogP contribution in [0.3, 0.4) is 0 Å². The molecule has 0 saturated heterocycles. The minimum atomic E-state index is -0.228. The van der Waals surface area contributed by atoms with Crippen molar-refractivity contribution in [2.45, 2.75) is 27.0 Å². The Labute approximate surface area is 169 Å². The van der Waals surface area contributed by atoms with Gasteiger partial charge in [0.25, 0.3) is 5.91 Å². The number of aryl methyl sites for hydroxylation is 2. The Bertz CT molecular complexity index is 977. The van der Waals surface area contributed by atoms with Gasteiger partial charge in [0.1, 0.15) is 18.1 Å². The fraction of sp³-hybridized carbons (Fsp3) is 0.273. The van der Waals surface area contributed by atoms with Crippen molar-refractivity contribution >= 4 is 5.91 Å².